The van der Waals surface area contributed by atoms with Crippen LogP contribution in [0.4, 0.5) is 0 Å². The van der Waals surface area contributed by atoms with Crippen molar-refractivity contribution in [3.63, 3.8) is 0 Å². The first-order valence-corrected chi connectivity index (χ1v) is 19.0. The summed E-state index contributed by atoms with van der Waals surface area (Å²) in [6, 6.07) is 21.7. The highest BCUT2D eigenvalue weighted by molar-refractivity contribution is 5.67. The molecule has 0 unspecified atom stereocenters. The Morgan fingerprint density at radius 1 is 0.872 bits per heavy atom. The van der Waals surface area contributed by atoms with Crippen molar-refractivity contribution in [2.45, 2.75) is 121 Å². The van der Waals surface area contributed by atoms with Crippen molar-refractivity contribution < 1.29 is 15.0 Å². The minimum atomic E-state index is -0.689. The van der Waals surface area contributed by atoms with Crippen LogP contribution in [0.1, 0.15) is 114 Å². The number of benzene rings is 2. The highest BCUT2D eigenvalue weighted by atomic mass is 16.4. The van der Waals surface area contributed by atoms with Crippen LogP contribution in [0.15, 0.2) is 85.0 Å². The first kappa shape index (κ1) is 35.6. The number of aryl methyl sites for hydroxylation is 1. The number of carboxylic acid groups (broad SMARTS) is 1. The third-order valence-electron chi connectivity index (χ3n) is 12.2. The minimum Gasteiger partial charge on any atom is -0.481 e. The van der Waals surface area contributed by atoms with Crippen LogP contribution in [-0.4, -0.2) is 28.8 Å². The molecule has 6 atom stereocenters. The largest absolute Gasteiger partial charge is 0.481 e. The van der Waals surface area contributed by atoms with Gasteiger partial charge in [-0.3, -0.25) is 4.79 Å². The van der Waals surface area contributed by atoms with Crippen molar-refractivity contribution in [2.24, 2.45) is 41.2 Å². The van der Waals surface area contributed by atoms with E-state index in [4.69, 9.17) is 5.73 Å². The fourth-order valence-electron chi connectivity index (χ4n) is 9.85. The van der Waals surface area contributed by atoms with E-state index in [2.05, 4.69) is 85.0 Å². The minimum absolute atomic E-state index is 0.0160. The van der Waals surface area contributed by atoms with Gasteiger partial charge in [0, 0.05) is 11.8 Å². The molecular weight excluding hydrogens is 578 g/mol. The highest BCUT2D eigenvalue weighted by Crippen LogP contribution is 2.54. The smallest absolute Gasteiger partial charge is 0.303 e. The summed E-state index contributed by atoms with van der Waals surface area (Å²) < 4.78 is 0. The topological polar surface area (TPSA) is 83.6 Å². The number of aliphatic hydroxyl groups is 1. The molecule has 2 fully saturated rings. The summed E-state index contributed by atoms with van der Waals surface area (Å²) in [6.45, 7) is 0.581. The third-order valence-corrected chi connectivity index (χ3v) is 12.2. The molecule has 0 amide bonds. The van der Waals surface area contributed by atoms with Crippen molar-refractivity contribution >= 4 is 5.97 Å². The lowest BCUT2D eigenvalue weighted by atomic mass is 9.53. The Hall–Kier alpha value is -2.69. The molecule has 0 aromatic heterocycles. The molecular formula is C43H61NO3. The summed E-state index contributed by atoms with van der Waals surface area (Å²) in [7, 11) is 0. The van der Waals surface area contributed by atoms with Gasteiger partial charge in [-0.05, 0) is 105 Å². The van der Waals surface area contributed by atoms with E-state index in [0.29, 0.717) is 24.3 Å². The Labute approximate surface area is 284 Å². The van der Waals surface area contributed by atoms with Crippen LogP contribution < -0.4 is 5.73 Å². The third kappa shape index (κ3) is 9.92. The number of nitrogens with two attached hydrogens (primary N) is 1. The molecule has 0 heterocycles. The molecule has 0 saturated heterocycles. The summed E-state index contributed by atoms with van der Waals surface area (Å²) in [4.78, 5) is 12.5. The lowest BCUT2D eigenvalue weighted by molar-refractivity contribution is -0.139. The average molecular weight is 640 g/mol. The van der Waals surface area contributed by atoms with Crippen LogP contribution in [0.3, 0.4) is 0 Å². The van der Waals surface area contributed by atoms with E-state index < -0.39 is 5.97 Å². The zero-order valence-corrected chi connectivity index (χ0v) is 28.7. The Morgan fingerprint density at radius 3 is 2.23 bits per heavy atom. The molecule has 3 aliphatic rings. The van der Waals surface area contributed by atoms with Gasteiger partial charge in [0.1, 0.15) is 0 Å². The molecule has 0 radical (unpaired) electrons. The number of carboxylic acids is 1. The molecule has 2 aromatic carbocycles. The zero-order valence-electron chi connectivity index (χ0n) is 28.7. The van der Waals surface area contributed by atoms with Crippen LogP contribution in [0, 0.1) is 35.5 Å². The second-order valence-corrected chi connectivity index (χ2v) is 15.3. The molecule has 256 valence electrons. The quantitative estimate of drug-likeness (QED) is 0.160. The van der Waals surface area contributed by atoms with Crippen molar-refractivity contribution in [3.05, 3.63) is 96.1 Å². The zero-order chi connectivity index (χ0) is 32.9. The average Bonchev–Trinajstić information content (AvgIpc) is 3.10. The summed E-state index contributed by atoms with van der Waals surface area (Å²) in [6.07, 6.45) is 27.3. The standard InChI is InChI=1S/C43H61NO3/c44-29-26-39-36(24-25-41(40(39)32-42(46)47)43(27-11-4-12-28-43)37-19-9-3-10-20-37)30-35(23-22-33-14-5-1-6-15-33)18-13-21-38(45)31-34-16-7-2-8-17-34/h1,3,5-6,9-10,13-15,19-21,24-25,34-36,38-41,45H,2,4,7-8,11-12,16-18,22-23,26-32,44H2,(H,46,47)/b21-13-/t35-,36-,38-,39+,40-,41+/m0/s1. The first-order valence-electron chi connectivity index (χ1n) is 19.0. The van der Waals surface area contributed by atoms with Crippen LogP contribution in [0.2, 0.25) is 0 Å². The van der Waals surface area contributed by atoms with Gasteiger partial charge in [-0.15, -0.1) is 0 Å². The monoisotopic (exact) mass is 639 g/mol. The van der Waals surface area contributed by atoms with E-state index in [1.54, 1.807) is 0 Å². The molecule has 0 spiro atoms. The number of carbonyl (C=O) groups is 1. The Bertz CT molecular complexity index is 1240. The fraction of sp³-hybridized carbons (Fsp3) is 0.605. The molecule has 4 heteroatoms. The van der Waals surface area contributed by atoms with Gasteiger partial charge < -0.3 is 15.9 Å². The Morgan fingerprint density at radius 2 is 1.55 bits per heavy atom. The molecule has 4 N–H and O–H groups in total. The predicted octanol–water partition coefficient (Wildman–Crippen LogP) is 9.66. The maximum atomic E-state index is 12.5. The molecule has 47 heavy (non-hydrogen) atoms. The molecule has 5 rings (SSSR count). The van der Waals surface area contributed by atoms with Crippen LogP contribution >= 0.6 is 0 Å². The van der Waals surface area contributed by atoms with Crippen molar-refractivity contribution in [1.82, 2.24) is 0 Å². The molecule has 3 aliphatic carbocycles. The van der Waals surface area contributed by atoms with E-state index in [1.807, 2.05) is 0 Å². The van der Waals surface area contributed by atoms with Crippen LogP contribution in [0.25, 0.3) is 0 Å². The number of hydrogen-bond donors (Lipinski definition) is 3. The Balaban J connectivity index is 1.38. The van der Waals surface area contributed by atoms with E-state index in [-0.39, 0.29) is 35.7 Å². The van der Waals surface area contributed by atoms with Crippen molar-refractivity contribution in [3.8, 4) is 0 Å². The van der Waals surface area contributed by atoms with Gasteiger partial charge in [0.2, 0.25) is 0 Å². The van der Waals surface area contributed by atoms with Gasteiger partial charge in [0.15, 0.2) is 0 Å². The number of allylic oxidation sites excluding steroid dienone is 3. The fourth-order valence-corrected chi connectivity index (χ4v) is 9.85. The molecule has 0 aliphatic heterocycles. The first-order chi connectivity index (χ1) is 23.0. The normalized spacial score (nSPS) is 26.3. The van der Waals surface area contributed by atoms with Crippen molar-refractivity contribution in [1.29, 1.82) is 0 Å². The summed E-state index contributed by atoms with van der Waals surface area (Å²) in [5.74, 6) is 1.22. The highest BCUT2D eigenvalue weighted by Gasteiger charge is 2.48. The number of aliphatic carboxylic acids is 1. The second kappa shape index (κ2) is 18.2. The van der Waals surface area contributed by atoms with E-state index in [0.717, 1.165) is 51.4 Å². The number of hydrogen-bond acceptors (Lipinski definition) is 3. The maximum Gasteiger partial charge on any atom is 0.303 e. The van der Waals surface area contributed by atoms with E-state index in [9.17, 15) is 15.0 Å². The molecule has 2 aromatic rings. The van der Waals surface area contributed by atoms with Gasteiger partial charge in [-0.1, -0.05) is 136 Å². The summed E-state index contributed by atoms with van der Waals surface area (Å²) >= 11 is 0. The van der Waals surface area contributed by atoms with E-state index >= 15 is 0 Å². The lowest BCUT2D eigenvalue weighted by Crippen LogP contribution is -2.46. The SMILES string of the molecule is NCC[C@H]1[C@H](CC(=O)O)[C@H](C2(c3ccccc3)CCCCC2)C=C[C@H]1C[C@@H](C/C=C\[C@H](O)CC1CCCCC1)CCc1ccccc1. The van der Waals surface area contributed by atoms with Crippen LogP contribution in [-0.2, 0) is 16.6 Å². The summed E-state index contributed by atoms with van der Waals surface area (Å²) in [5, 5.41) is 21.2. The molecule has 0 bridgehead atoms. The maximum absolute atomic E-state index is 12.5. The molecule has 4 nitrogen and oxygen atoms in total. The van der Waals surface area contributed by atoms with Crippen molar-refractivity contribution in [2.75, 3.05) is 6.54 Å². The molecule has 2 saturated carbocycles. The predicted molar refractivity (Wildman–Crippen MR) is 194 cm³/mol. The Kier molecular flexibility index (Phi) is 13.8. The van der Waals surface area contributed by atoms with Gasteiger partial charge in [-0.2, -0.15) is 0 Å². The number of rotatable bonds is 16. The van der Waals surface area contributed by atoms with Gasteiger partial charge in [0.25, 0.3) is 0 Å². The van der Waals surface area contributed by atoms with Gasteiger partial charge >= 0.3 is 5.97 Å². The lowest BCUT2D eigenvalue weighted by Gasteiger charge is -2.51. The van der Waals surface area contributed by atoms with Crippen LogP contribution in [0.5, 0.6) is 0 Å². The van der Waals surface area contributed by atoms with Gasteiger partial charge in [-0.25, -0.2) is 0 Å². The van der Waals surface area contributed by atoms with Gasteiger partial charge in [0.05, 0.1) is 6.10 Å². The number of aliphatic hydroxyl groups excluding tert-OH is 1. The second-order valence-electron chi connectivity index (χ2n) is 15.3. The van der Waals surface area contributed by atoms with E-state index in [1.165, 1.54) is 62.5 Å². The summed E-state index contributed by atoms with van der Waals surface area (Å²) in [5.41, 5.74) is 9.06.